The zero-order valence-electron chi connectivity index (χ0n) is 10.3. The van der Waals surface area contributed by atoms with Crippen LogP contribution in [0.25, 0.3) is 0 Å². The van der Waals surface area contributed by atoms with E-state index in [1.165, 1.54) is 24.8 Å². The van der Waals surface area contributed by atoms with Gasteiger partial charge in [0.15, 0.2) is 0 Å². The van der Waals surface area contributed by atoms with Crippen molar-refractivity contribution in [1.82, 2.24) is 5.32 Å². The van der Waals surface area contributed by atoms with Crippen LogP contribution in [0.4, 0.5) is 0 Å². The van der Waals surface area contributed by atoms with Gasteiger partial charge in [0.05, 0.1) is 7.11 Å². The Balaban J connectivity index is 2.12. The molecule has 0 spiro atoms. The summed E-state index contributed by atoms with van der Waals surface area (Å²) >= 11 is 0. The minimum Gasteiger partial charge on any atom is -0.497 e. The molecule has 1 aliphatic heterocycles. The predicted molar refractivity (Wildman–Crippen MR) is 67.0 cm³/mol. The summed E-state index contributed by atoms with van der Waals surface area (Å²) in [4.78, 5) is 0. The predicted octanol–water partition coefficient (Wildman–Crippen LogP) is 2.77. The Morgan fingerprint density at radius 3 is 2.94 bits per heavy atom. The molecule has 1 atom stereocenters. The number of benzene rings is 1. The van der Waals surface area contributed by atoms with E-state index in [1.54, 1.807) is 7.11 Å². The van der Waals surface area contributed by atoms with Crippen LogP contribution in [-0.2, 0) is 6.42 Å². The van der Waals surface area contributed by atoms with Crippen molar-refractivity contribution in [1.29, 1.82) is 0 Å². The fraction of sp³-hybridized carbons (Fsp3) is 0.571. The van der Waals surface area contributed by atoms with Crippen molar-refractivity contribution in [2.75, 3.05) is 13.7 Å². The van der Waals surface area contributed by atoms with Crippen LogP contribution in [0.15, 0.2) is 24.3 Å². The number of hydrogen-bond donors (Lipinski definition) is 1. The van der Waals surface area contributed by atoms with Gasteiger partial charge in [0.25, 0.3) is 0 Å². The Labute approximate surface area is 98.0 Å². The highest BCUT2D eigenvalue weighted by atomic mass is 16.5. The first-order valence-corrected chi connectivity index (χ1v) is 6.16. The summed E-state index contributed by atoms with van der Waals surface area (Å²) in [6.07, 6.45) is 4.91. The summed E-state index contributed by atoms with van der Waals surface area (Å²) in [7, 11) is 1.72. The first-order chi connectivity index (χ1) is 7.78. The normalized spacial score (nSPS) is 24.6. The average molecular weight is 219 g/mol. The molecule has 1 aromatic carbocycles. The second-order valence-electron chi connectivity index (χ2n) is 4.69. The fourth-order valence-electron chi connectivity index (χ4n) is 2.62. The molecule has 88 valence electrons. The van der Waals surface area contributed by atoms with E-state index >= 15 is 0 Å². The fourth-order valence-corrected chi connectivity index (χ4v) is 2.62. The molecule has 1 aromatic rings. The lowest BCUT2D eigenvalue weighted by atomic mass is 9.87. The molecule has 0 saturated carbocycles. The highest BCUT2D eigenvalue weighted by Gasteiger charge is 2.31. The van der Waals surface area contributed by atoms with Gasteiger partial charge in [-0.15, -0.1) is 0 Å². The van der Waals surface area contributed by atoms with E-state index in [4.69, 9.17) is 4.74 Å². The molecule has 1 heterocycles. The van der Waals surface area contributed by atoms with E-state index < -0.39 is 0 Å². The number of methoxy groups -OCH3 is 1. The molecule has 1 aliphatic rings. The maximum absolute atomic E-state index is 5.27. The van der Waals surface area contributed by atoms with E-state index in [-0.39, 0.29) is 0 Å². The van der Waals surface area contributed by atoms with E-state index in [0.717, 1.165) is 18.7 Å². The van der Waals surface area contributed by atoms with E-state index in [9.17, 15) is 0 Å². The molecule has 1 saturated heterocycles. The maximum Gasteiger partial charge on any atom is 0.119 e. The van der Waals surface area contributed by atoms with Gasteiger partial charge < -0.3 is 10.1 Å². The third kappa shape index (κ3) is 2.38. The smallest absolute Gasteiger partial charge is 0.119 e. The summed E-state index contributed by atoms with van der Waals surface area (Å²) in [5.74, 6) is 0.960. The zero-order valence-corrected chi connectivity index (χ0v) is 10.3. The lowest BCUT2D eigenvalue weighted by molar-refractivity contribution is 0.358. The van der Waals surface area contributed by atoms with Gasteiger partial charge in [-0.05, 0) is 49.9 Å². The van der Waals surface area contributed by atoms with Crippen LogP contribution in [0, 0.1) is 0 Å². The molecule has 1 fully saturated rings. The molecular weight excluding hydrogens is 198 g/mol. The summed E-state index contributed by atoms with van der Waals surface area (Å²) in [6.45, 7) is 3.44. The SMILES string of the molecule is CCC1(Cc2cccc(OC)c2)CCCN1. The van der Waals surface area contributed by atoms with Gasteiger partial charge in [0.1, 0.15) is 5.75 Å². The molecule has 0 bridgehead atoms. The first-order valence-electron chi connectivity index (χ1n) is 6.16. The van der Waals surface area contributed by atoms with Crippen molar-refractivity contribution in [3.63, 3.8) is 0 Å². The van der Waals surface area contributed by atoms with Gasteiger partial charge >= 0.3 is 0 Å². The van der Waals surface area contributed by atoms with Crippen LogP contribution in [0.1, 0.15) is 31.7 Å². The van der Waals surface area contributed by atoms with Crippen molar-refractivity contribution in [3.05, 3.63) is 29.8 Å². The topological polar surface area (TPSA) is 21.3 Å². The lowest BCUT2D eigenvalue weighted by Crippen LogP contribution is -2.41. The number of ether oxygens (including phenoxy) is 1. The van der Waals surface area contributed by atoms with Gasteiger partial charge in [0, 0.05) is 5.54 Å². The summed E-state index contributed by atoms with van der Waals surface area (Å²) in [6, 6.07) is 8.42. The summed E-state index contributed by atoms with van der Waals surface area (Å²) in [5, 5.41) is 3.66. The molecule has 2 rings (SSSR count). The highest BCUT2D eigenvalue weighted by Crippen LogP contribution is 2.28. The van der Waals surface area contributed by atoms with Gasteiger partial charge in [-0.25, -0.2) is 0 Å². The maximum atomic E-state index is 5.27. The van der Waals surface area contributed by atoms with Crippen LogP contribution in [0.2, 0.25) is 0 Å². The second kappa shape index (κ2) is 4.88. The summed E-state index contributed by atoms with van der Waals surface area (Å²) in [5.41, 5.74) is 1.70. The number of hydrogen-bond acceptors (Lipinski definition) is 2. The Hall–Kier alpha value is -1.02. The quantitative estimate of drug-likeness (QED) is 0.840. The van der Waals surface area contributed by atoms with Crippen molar-refractivity contribution < 1.29 is 4.74 Å². The molecule has 0 aliphatic carbocycles. The minimum absolute atomic E-state index is 0.326. The zero-order chi connectivity index (χ0) is 11.4. The molecule has 0 radical (unpaired) electrons. The van der Waals surface area contributed by atoms with E-state index in [2.05, 4.69) is 30.4 Å². The largest absolute Gasteiger partial charge is 0.497 e. The standard InChI is InChI=1S/C14H21NO/c1-3-14(8-5-9-15-14)11-12-6-4-7-13(10-12)16-2/h4,6-7,10,15H,3,5,8-9,11H2,1-2H3. The molecule has 0 aromatic heterocycles. The van der Waals surface area contributed by atoms with Crippen molar-refractivity contribution >= 4 is 0 Å². The Morgan fingerprint density at radius 2 is 2.31 bits per heavy atom. The molecule has 0 amide bonds. The summed E-state index contributed by atoms with van der Waals surface area (Å²) < 4.78 is 5.27. The third-order valence-corrected chi connectivity index (χ3v) is 3.69. The van der Waals surface area contributed by atoms with Crippen LogP contribution in [0.5, 0.6) is 5.75 Å². The van der Waals surface area contributed by atoms with Crippen LogP contribution < -0.4 is 10.1 Å². The molecule has 1 N–H and O–H groups in total. The van der Waals surface area contributed by atoms with Crippen LogP contribution >= 0.6 is 0 Å². The van der Waals surface area contributed by atoms with Gasteiger partial charge in [-0.2, -0.15) is 0 Å². The van der Waals surface area contributed by atoms with Crippen molar-refractivity contribution in [2.24, 2.45) is 0 Å². The van der Waals surface area contributed by atoms with E-state index in [0.29, 0.717) is 5.54 Å². The molecule has 16 heavy (non-hydrogen) atoms. The monoisotopic (exact) mass is 219 g/mol. The minimum atomic E-state index is 0.326. The average Bonchev–Trinajstić information content (AvgIpc) is 2.78. The first kappa shape index (κ1) is 11.5. The Bertz CT molecular complexity index is 342. The molecule has 2 nitrogen and oxygen atoms in total. The van der Waals surface area contributed by atoms with Gasteiger partial charge in [-0.1, -0.05) is 19.1 Å². The Morgan fingerprint density at radius 1 is 1.44 bits per heavy atom. The Kier molecular flexibility index (Phi) is 3.49. The van der Waals surface area contributed by atoms with Crippen LogP contribution in [0.3, 0.4) is 0 Å². The van der Waals surface area contributed by atoms with Crippen molar-refractivity contribution in [2.45, 2.75) is 38.1 Å². The molecular formula is C14H21NO. The third-order valence-electron chi connectivity index (χ3n) is 3.69. The molecule has 1 unspecified atom stereocenters. The van der Waals surface area contributed by atoms with Gasteiger partial charge in [0.2, 0.25) is 0 Å². The lowest BCUT2D eigenvalue weighted by Gasteiger charge is -2.28. The van der Waals surface area contributed by atoms with Crippen LogP contribution in [-0.4, -0.2) is 19.2 Å². The van der Waals surface area contributed by atoms with Gasteiger partial charge in [-0.3, -0.25) is 0 Å². The van der Waals surface area contributed by atoms with E-state index in [1.807, 2.05) is 6.07 Å². The van der Waals surface area contributed by atoms with Crippen molar-refractivity contribution in [3.8, 4) is 5.75 Å². The number of rotatable bonds is 4. The number of nitrogens with one attached hydrogen (secondary N) is 1. The second-order valence-corrected chi connectivity index (χ2v) is 4.69. The molecule has 2 heteroatoms. The highest BCUT2D eigenvalue weighted by molar-refractivity contribution is 5.29.